The van der Waals surface area contributed by atoms with Gasteiger partial charge in [0.15, 0.2) is 11.6 Å². The van der Waals surface area contributed by atoms with E-state index in [0.29, 0.717) is 38.1 Å². The van der Waals surface area contributed by atoms with Gasteiger partial charge in [-0.15, -0.1) is 13.2 Å². The van der Waals surface area contributed by atoms with Gasteiger partial charge in [0.05, 0.1) is 5.56 Å². The summed E-state index contributed by atoms with van der Waals surface area (Å²) < 4.78 is 54.6. The van der Waals surface area contributed by atoms with Crippen molar-refractivity contribution in [2.75, 3.05) is 18.8 Å². The number of nitrogens with zero attached hydrogens (tertiary/aromatic N) is 2. The van der Waals surface area contributed by atoms with Gasteiger partial charge < -0.3 is 20.4 Å². The second kappa shape index (κ2) is 7.51. The molecular formula is C20H18F4N4O2. The van der Waals surface area contributed by atoms with Gasteiger partial charge in [0.1, 0.15) is 5.65 Å². The Bertz CT molecular complexity index is 1090. The molecule has 3 N–H and O–H groups in total. The molecule has 0 unspecified atom stereocenters. The summed E-state index contributed by atoms with van der Waals surface area (Å²) in [5.41, 5.74) is 7.18. The van der Waals surface area contributed by atoms with E-state index in [1.807, 2.05) is 18.3 Å². The molecule has 1 saturated heterocycles. The van der Waals surface area contributed by atoms with Gasteiger partial charge in [0.2, 0.25) is 0 Å². The average molecular weight is 422 g/mol. The van der Waals surface area contributed by atoms with Crippen LogP contribution in [-0.2, 0) is 0 Å². The highest BCUT2D eigenvalue weighted by molar-refractivity contribution is 5.99. The van der Waals surface area contributed by atoms with Crippen molar-refractivity contribution in [2.24, 2.45) is 0 Å². The number of amides is 1. The van der Waals surface area contributed by atoms with Crippen molar-refractivity contribution in [3.8, 4) is 5.75 Å². The van der Waals surface area contributed by atoms with Gasteiger partial charge in [0, 0.05) is 42.6 Å². The van der Waals surface area contributed by atoms with Crippen LogP contribution in [0.4, 0.5) is 23.2 Å². The molecule has 0 radical (unpaired) electrons. The highest BCUT2D eigenvalue weighted by atomic mass is 19.4. The lowest BCUT2D eigenvalue weighted by Crippen LogP contribution is -2.38. The van der Waals surface area contributed by atoms with Crippen LogP contribution in [0, 0.1) is 5.82 Å². The van der Waals surface area contributed by atoms with E-state index in [-0.39, 0.29) is 17.2 Å². The second-order valence-electron chi connectivity index (χ2n) is 7.13. The molecular weight excluding hydrogens is 404 g/mol. The first-order valence-electron chi connectivity index (χ1n) is 9.29. The van der Waals surface area contributed by atoms with E-state index in [0.717, 1.165) is 16.6 Å². The van der Waals surface area contributed by atoms with E-state index in [1.54, 1.807) is 6.20 Å². The number of carbonyl (C=O) groups excluding carboxylic acids is 1. The zero-order chi connectivity index (χ0) is 21.5. The molecule has 6 nitrogen and oxygen atoms in total. The summed E-state index contributed by atoms with van der Waals surface area (Å²) in [6, 6.07) is 5.22. The molecule has 0 saturated carbocycles. The maximum atomic E-state index is 14.0. The number of pyridine rings is 1. The minimum Gasteiger partial charge on any atom is -0.403 e. The fraction of sp³-hybridized carbons (Fsp3) is 0.300. The first-order valence-corrected chi connectivity index (χ1v) is 9.29. The molecule has 1 amide bonds. The lowest BCUT2D eigenvalue weighted by molar-refractivity contribution is -0.275. The number of ether oxygens (including phenoxy) is 1. The average Bonchev–Trinajstić information content (AvgIpc) is 3.13. The van der Waals surface area contributed by atoms with Gasteiger partial charge in [0.25, 0.3) is 5.91 Å². The largest absolute Gasteiger partial charge is 0.573 e. The van der Waals surface area contributed by atoms with Gasteiger partial charge in [-0.2, -0.15) is 0 Å². The van der Waals surface area contributed by atoms with E-state index in [9.17, 15) is 22.4 Å². The molecule has 0 spiro atoms. The minimum absolute atomic E-state index is 0.184. The summed E-state index contributed by atoms with van der Waals surface area (Å²) in [5, 5.41) is 1.04. The summed E-state index contributed by atoms with van der Waals surface area (Å²) in [5.74, 6) is -2.66. The first kappa shape index (κ1) is 20.0. The number of nitrogen functional groups attached to an aromatic ring is 1. The Labute approximate surface area is 168 Å². The predicted molar refractivity (Wildman–Crippen MR) is 101 cm³/mol. The number of rotatable bonds is 3. The minimum atomic E-state index is -5.06. The van der Waals surface area contributed by atoms with Crippen LogP contribution >= 0.6 is 0 Å². The number of hydrogen-bond donors (Lipinski definition) is 2. The number of benzene rings is 1. The number of aromatic nitrogens is 2. The van der Waals surface area contributed by atoms with Gasteiger partial charge in [-0.05, 0) is 42.5 Å². The van der Waals surface area contributed by atoms with E-state index >= 15 is 0 Å². The van der Waals surface area contributed by atoms with Crippen molar-refractivity contribution in [1.29, 1.82) is 0 Å². The van der Waals surface area contributed by atoms with Crippen LogP contribution in [0.2, 0.25) is 0 Å². The van der Waals surface area contributed by atoms with Gasteiger partial charge in [-0.3, -0.25) is 4.79 Å². The number of likely N-dealkylation sites (tertiary alicyclic amines) is 1. The number of anilines is 1. The number of hydrogen-bond acceptors (Lipinski definition) is 4. The van der Waals surface area contributed by atoms with Crippen molar-refractivity contribution in [3.63, 3.8) is 0 Å². The van der Waals surface area contributed by atoms with E-state index < -0.39 is 23.8 Å². The number of nitrogens with one attached hydrogen (secondary N) is 1. The summed E-state index contributed by atoms with van der Waals surface area (Å²) in [6.07, 6.45) is -0.0555. The van der Waals surface area contributed by atoms with E-state index in [4.69, 9.17) is 5.73 Å². The number of carbonyl (C=O) groups is 1. The molecule has 3 aromatic rings. The highest BCUT2D eigenvalue weighted by Gasteiger charge is 2.33. The Morgan fingerprint density at radius 2 is 2.00 bits per heavy atom. The van der Waals surface area contributed by atoms with Crippen LogP contribution in [-0.4, -0.2) is 40.2 Å². The maximum Gasteiger partial charge on any atom is 0.573 e. The van der Waals surface area contributed by atoms with Gasteiger partial charge in [-0.25, -0.2) is 9.37 Å². The molecule has 0 atom stereocenters. The molecule has 0 bridgehead atoms. The molecule has 0 aliphatic carbocycles. The fourth-order valence-corrected chi connectivity index (χ4v) is 3.84. The quantitative estimate of drug-likeness (QED) is 0.489. The molecule has 158 valence electrons. The molecule has 10 heteroatoms. The Morgan fingerprint density at radius 1 is 1.27 bits per heavy atom. The Balaban J connectivity index is 1.47. The van der Waals surface area contributed by atoms with Crippen LogP contribution in [0.5, 0.6) is 5.75 Å². The number of halogens is 4. The van der Waals surface area contributed by atoms with Gasteiger partial charge >= 0.3 is 6.36 Å². The zero-order valence-electron chi connectivity index (χ0n) is 15.7. The van der Waals surface area contributed by atoms with E-state index in [1.165, 1.54) is 4.90 Å². The number of H-pyrrole nitrogens is 1. The zero-order valence-corrected chi connectivity index (χ0v) is 15.7. The third-order valence-electron chi connectivity index (χ3n) is 5.27. The van der Waals surface area contributed by atoms with Crippen molar-refractivity contribution >= 4 is 22.6 Å². The number of aromatic amines is 1. The Morgan fingerprint density at radius 3 is 2.70 bits per heavy atom. The van der Waals surface area contributed by atoms with Crippen LogP contribution in [0.1, 0.15) is 34.7 Å². The van der Waals surface area contributed by atoms with Crippen LogP contribution in [0.25, 0.3) is 11.0 Å². The monoisotopic (exact) mass is 422 g/mol. The maximum absolute atomic E-state index is 14.0. The summed E-state index contributed by atoms with van der Waals surface area (Å²) in [6.45, 7) is 0.830. The van der Waals surface area contributed by atoms with Crippen LogP contribution in [0.3, 0.4) is 0 Å². The van der Waals surface area contributed by atoms with Crippen molar-refractivity contribution in [1.82, 2.24) is 14.9 Å². The first-order chi connectivity index (χ1) is 14.2. The lowest BCUT2D eigenvalue weighted by atomic mass is 9.89. The molecule has 1 aliphatic heterocycles. The number of fused-ring (bicyclic) bond motifs is 1. The van der Waals surface area contributed by atoms with Crippen LogP contribution < -0.4 is 10.5 Å². The topological polar surface area (TPSA) is 84.2 Å². The standard InChI is InChI=1S/C20H18F4N4O2/c21-15-8-13(16(25)9-17(15)30-20(22,23)24)19(29)28-6-3-11(4-7-28)14-10-27-18-12(14)2-1-5-26-18/h1-2,5,8-11H,3-4,6-7,25H2,(H,26,27). The summed E-state index contributed by atoms with van der Waals surface area (Å²) in [7, 11) is 0. The third kappa shape index (κ3) is 3.89. The molecule has 1 fully saturated rings. The molecule has 3 heterocycles. The summed E-state index contributed by atoms with van der Waals surface area (Å²) >= 11 is 0. The highest BCUT2D eigenvalue weighted by Crippen LogP contribution is 2.34. The van der Waals surface area contributed by atoms with Crippen molar-refractivity contribution < 1.29 is 27.1 Å². The molecule has 30 heavy (non-hydrogen) atoms. The smallest absolute Gasteiger partial charge is 0.403 e. The summed E-state index contributed by atoms with van der Waals surface area (Å²) in [4.78, 5) is 21.7. The lowest BCUT2D eigenvalue weighted by Gasteiger charge is -2.32. The number of nitrogens with two attached hydrogens (primary N) is 1. The fourth-order valence-electron chi connectivity index (χ4n) is 3.84. The predicted octanol–water partition coefficient (Wildman–Crippen LogP) is 4.20. The second-order valence-corrected chi connectivity index (χ2v) is 7.13. The van der Waals surface area contributed by atoms with Gasteiger partial charge in [-0.1, -0.05) is 0 Å². The molecule has 1 aliphatic rings. The molecule has 2 aromatic heterocycles. The number of alkyl halides is 3. The SMILES string of the molecule is Nc1cc(OC(F)(F)F)c(F)cc1C(=O)N1CCC(c2c[nH]c3ncccc23)CC1. The van der Waals surface area contributed by atoms with E-state index in [2.05, 4.69) is 14.7 Å². The Hall–Kier alpha value is -3.30. The molecule has 4 rings (SSSR count). The Kier molecular flexibility index (Phi) is 5.00. The normalized spacial score (nSPS) is 15.5. The number of piperidine rings is 1. The van der Waals surface area contributed by atoms with Crippen LogP contribution in [0.15, 0.2) is 36.7 Å². The van der Waals surface area contributed by atoms with Crippen molar-refractivity contribution in [3.05, 3.63) is 53.6 Å². The third-order valence-corrected chi connectivity index (χ3v) is 5.27. The molecule has 1 aromatic carbocycles. The van der Waals surface area contributed by atoms with Crippen molar-refractivity contribution in [2.45, 2.75) is 25.1 Å².